The van der Waals surface area contributed by atoms with Gasteiger partial charge in [0.05, 0.1) is 11.4 Å². The summed E-state index contributed by atoms with van der Waals surface area (Å²) in [4.78, 5) is 38.5. The van der Waals surface area contributed by atoms with E-state index >= 15 is 0 Å². The fourth-order valence-corrected chi connectivity index (χ4v) is 3.12. The summed E-state index contributed by atoms with van der Waals surface area (Å²) in [5, 5.41) is 10.8. The first kappa shape index (κ1) is 17.7. The summed E-state index contributed by atoms with van der Waals surface area (Å²) in [7, 11) is 0. The summed E-state index contributed by atoms with van der Waals surface area (Å²) in [6.45, 7) is -0.456. The maximum atomic E-state index is 13.7. The first-order chi connectivity index (χ1) is 13.5. The third-order valence-corrected chi connectivity index (χ3v) is 4.38. The van der Waals surface area contributed by atoms with Crippen LogP contribution in [0.4, 0.5) is 20.2 Å². The number of carbonyl (C=O) groups excluding carboxylic acids is 3. The van der Waals surface area contributed by atoms with E-state index < -0.39 is 48.0 Å². The Balaban J connectivity index is 1.49. The standard InChI is InChI=1S/C18H13F2N5O3/c19-10-6-7-12(20)13(8-10)21-14(26)9-24-16-15(22-23-24)17(27)25(18(16)28)11-4-2-1-3-5-11/h1-8,15-16H,9H2,(H,21,26)/t15-,16-/m0/s1. The van der Waals surface area contributed by atoms with Crippen LogP contribution in [0.2, 0.25) is 0 Å². The molecule has 0 aliphatic carbocycles. The Morgan fingerprint density at radius 2 is 1.82 bits per heavy atom. The minimum absolute atomic E-state index is 0.336. The molecule has 142 valence electrons. The second-order valence-electron chi connectivity index (χ2n) is 6.21. The molecular weight excluding hydrogens is 372 g/mol. The summed E-state index contributed by atoms with van der Waals surface area (Å²) in [6, 6.07) is 8.87. The number of hydrogen-bond acceptors (Lipinski definition) is 6. The van der Waals surface area contributed by atoms with E-state index in [1.165, 1.54) is 0 Å². The van der Waals surface area contributed by atoms with Gasteiger partial charge in [-0.25, -0.2) is 13.7 Å². The number of halogens is 2. The van der Waals surface area contributed by atoms with E-state index in [9.17, 15) is 23.2 Å². The molecule has 3 amide bonds. The highest BCUT2D eigenvalue weighted by Crippen LogP contribution is 2.31. The molecule has 2 aromatic carbocycles. The highest BCUT2D eigenvalue weighted by atomic mass is 19.1. The van der Waals surface area contributed by atoms with Crippen molar-refractivity contribution in [3.8, 4) is 0 Å². The van der Waals surface area contributed by atoms with Crippen LogP contribution in [0, 0.1) is 11.6 Å². The fourth-order valence-electron chi connectivity index (χ4n) is 3.12. The molecule has 2 aliphatic heterocycles. The van der Waals surface area contributed by atoms with Gasteiger partial charge in [0.2, 0.25) is 5.91 Å². The van der Waals surface area contributed by atoms with Crippen molar-refractivity contribution in [1.82, 2.24) is 5.01 Å². The third-order valence-electron chi connectivity index (χ3n) is 4.38. The highest BCUT2D eigenvalue weighted by molar-refractivity contribution is 6.25. The van der Waals surface area contributed by atoms with Gasteiger partial charge in [-0.05, 0) is 24.3 Å². The lowest BCUT2D eigenvalue weighted by molar-refractivity contribution is -0.123. The highest BCUT2D eigenvalue weighted by Gasteiger charge is 2.55. The SMILES string of the molecule is O=C(CN1N=N[C@@H]2C(=O)N(c3ccccc3)C(=O)[C@H]21)Nc1cc(F)ccc1F. The first-order valence-corrected chi connectivity index (χ1v) is 8.31. The largest absolute Gasteiger partial charge is 0.322 e. The Labute approximate surface area is 157 Å². The molecule has 1 N–H and O–H groups in total. The predicted molar refractivity (Wildman–Crippen MR) is 93.1 cm³/mol. The number of rotatable bonds is 4. The Kier molecular flexibility index (Phi) is 4.30. The second kappa shape index (κ2) is 6.80. The van der Waals surface area contributed by atoms with Crippen LogP contribution in [0.3, 0.4) is 0 Å². The topological polar surface area (TPSA) is 94.4 Å². The normalized spacial score (nSPS) is 20.6. The molecule has 0 radical (unpaired) electrons. The Morgan fingerprint density at radius 1 is 1.07 bits per heavy atom. The van der Waals surface area contributed by atoms with Crippen LogP contribution in [-0.4, -0.2) is 41.4 Å². The van der Waals surface area contributed by atoms with E-state index in [4.69, 9.17) is 0 Å². The zero-order valence-corrected chi connectivity index (χ0v) is 14.3. The van der Waals surface area contributed by atoms with Crippen LogP contribution in [-0.2, 0) is 14.4 Å². The number of benzene rings is 2. The fraction of sp³-hybridized carbons (Fsp3) is 0.167. The molecule has 2 heterocycles. The number of nitrogens with one attached hydrogen (secondary N) is 1. The van der Waals surface area contributed by atoms with Gasteiger partial charge >= 0.3 is 0 Å². The van der Waals surface area contributed by atoms with Crippen LogP contribution in [0.15, 0.2) is 58.9 Å². The molecule has 2 atom stereocenters. The van der Waals surface area contributed by atoms with Gasteiger partial charge in [-0.2, -0.15) is 5.11 Å². The van der Waals surface area contributed by atoms with E-state index in [-0.39, 0.29) is 5.69 Å². The molecule has 10 heteroatoms. The number of para-hydroxylation sites is 1. The number of fused-ring (bicyclic) bond motifs is 1. The van der Waals surface area contributed by atoms with Gasteiger partial charge in [0, 0.05) is 6.07 Å². The summed E-state index contributed by atoms with van der Waals surface area (Å²) < 4.78 is 26.9. The van der Waals surface area contributed by atoms with Crippen molar-refractivity contribution >= 4 is 29.1 Å². The second-order valence-corrected chi connectivity index (χ2v) is 6.21. The molecule has 2 aromatic rings. The van der Waals surface area contributed by atoms with Crippen LogP contribution in [0.25, 0.3) is 0 Å². The van der Waals surface area contributed by atoms with E-state index in [1.807, 2.05) is 0 Å². The molecule has 0 unspecified atom stereocenters. The number of amides is 3. The minimum Gasteiger partial charge on any atom is -0.322 e. The molecular formula is C18H13F2N5O3. The smallest absolute Gasteiger partial charge is 0.263 e. The number of imide groups is 1. The van der Waals surface area contributed by atoms with Gasteiger partial charge in [0.15, 0.2) is 12.1 Å². The van der Waals surface area contributed by atoms with Crippen molar-refractivity contribution in [2.45, 2.75) is 12.1 Å². The monoisotopic (exact) mass is 385 g/mol. The number of hydrogen-bond donors (Lipinski definition) is 1. The molecule has 28 heavy (non-hydrogen) atoms. The number of carbonyl (C=O) groups is 3. The third kappa shape index (κ3) is 2.98. The van der Waals surface area contributed by atoms with Gasteiger partial charge in [-0.3, -0.25) is 19.4 Å². The van der Waals surface area contributed by atoms with Gasteiger partial charge in [0.25, 0.3) is 11.8 Å². The lowest BCUT2D eigenvalue weighted by Gasteiger charge is -2.20. The van der Waals surface area contributed by atoms with E-state index in [2.05, 4.69) is 15.7 Å². The zero-order chi connectivity index (χ0) is 19.8. The summed E-state index contributed by atoms with van der Waals surface area (Å²) in [5.41, 5.74) is 0.0609. The molecule has 2 aliphatic rings. The molecule has 1 fully saturated rings. The average Bonchev–Trinajstić information content (AvgIpc) is 3.19. The molecule has 1 saturated heterocycles. The van der Waals surface area contributed by atoms with Gasteiger partial charge in [-0.15, -0.1) is 0 Å². The molecule has 8 nitrogen and oxygen atoms in total. The van der Waals surface area contributed by atoms with Crippen molar-refractivity contribution in [3.63, 3.8) is 0 Å². The Morgan fingerprint density at radius 3 is 2.57 bits per heavy atom. The Bertz CT molecular complexity index is 998. The lowest BCUT2D eigenvalue weighted by Crippen LogP contribution is -2.43. The summed E-state index contributed by atoms with van der Waals surface area (Å²) in [6.07, 6.45) is 0. The van der Waals surface area contributed by atoms with Crippen LogP contribution in [0.5, 0.6) is 0 Å². The van der Waals surface area contributed by atoms with Crippen LogP contribution < -0.4 is 10.2 Å². The van der Waals surface area contributed by atoms with Gasteiger partial charge < -0.3 is 5.32 Å². The summed E-state index contributed by atoms with van der Waals surface area (Å²) in [5.74, 6) is -3.35. The van der Waals surface area contributed by atoms with Crippen LogP contribution in [0.1, 0.15) is 0 Å². The van der Waals surface area contributed by atoms with E-state index in [0.717, 1.165) is 28.1 Å². The van der Waals surface area contributed by atoms with Crippen molar-refractivity contribution < 1.29 is 23.2 Å². The van der Waals surface area contributed by atoms with Crippen molar-refractivity contribution in [3.05, 3.63) is 60.2 Å². The van der Waals surface area contributed by atoms with E-state index in [0.29, 0.717) is 5.69 Å². The average molecular weight is 385 g/mol. The van der Waals surface area contributed by atoms with Crippen molar-refractivity contribution in [1.29, 1.82) is 0 Å². The molecule has 0 spiro atoms. The zero-order valence-electron chi connectivity index (χ0n) is 14.3. The number of anilines is 2. The van der Waals surface area contributed by atoms with Crippen LogP contribution >= 0.6 is 0 Å². The summed E-state index contributed by atoms with van der Waals surface area (Å²) >= 11 is 0. The molecule has 0 bridgehead atoms. The van der Waals surface area contributed by atoms with Crippen molar-refractivity contribution in [2.75, 3.05) is 16.8 Å². The van der Waals surface area contributed by atoms with Gasteiger partial charge in [0.1, 0.15) is 18.2 Å². The first-order valence-electron chi connectivity index (χ1n) is 8.31. The minimum atomic E-state index is -1.06. The number of nitrogens with zero attached hydrogens (tertiary/aromatic N) is 4. The maximum absolute atomic E-state index is 13.7. The maximum Gasteiger partial charge on any atom is 0.263 e. The van der Waals surface area contributed by atoms with Gasteiger partial charge in [-0.1, -0.05) is 23.4 Å². The predicted octanol–water partition coefficient (Wildman–Crippen LogP) is 1.90. The molecule has 0 aromatic heterocycles. The van der Waals surface area contributed by atoms with Crippen molar-refractivity contribution in [2.24, 2.45) is 10.3 Å². The Hall–Kier alpha value is -3.69. The quantitative estimate of drug-likeness (QED) is 0.814. The lowest BCUT2D eigenvalue weighted by atomic mass is 10.1. The molecule has 4 rings (SSSR count). The van der Waals surface area contributed by atoms with E-state index in [1.54, 1.807) is 30.3 Å². The molecule has 0 saturated carbocycles.